The molecule has 0 unspecified atom stereocenters. The van der Waals surface area contributed by atoms with E-state index in [-0.39, 0.29) is 11.3 Å². The first kappa shape index (κ1) is 15.1. The van der Waals surface area contributed by atoms with Crippen LogP contribution in [0.5, 0.6) is 0 Å². The van der Waals surface area contributed by atoms with Crippen molar-refractivity contribution in [3.8, 4) is 0 Å². The van der Waals surface area contributed by atoms with Crippen molar-refractivity contribution in [1.29, 1.82) is 0 Å². The van der Waals surface area contributed by atoms with E-state index in [0.29, 0.717) is 31.4 Å². The van der Waals surface area contributed by atoms with Crippen LogP contribution in [0.1, 0.15) is 10.5 Å². The van der Waals surface area contributed by atoms with Crippen molar-refractivity contribution in [2.75, 3.05) is 38.2 Å². The Morgan fingerprint density at radius 2 is 2.08 bits per heavy atom. The van der Waals surface area contributed by atoms with Crippen LogP contribution in [0, 0.1) is 11.3 Å². The molecule has 0 aliphatic carbocycles. The van der Waals surface area contributed by atoms with Gasteiger partial charge in [-0.05, 0) is 24.3 Å². The van der Waals surface area contributed by atoms with Crippen LogP contribution in [-0.2, 0) is 4.74 Å². The highest BCUT2D eigenvalue weighted by molar-refractivity contribution is 5.92. The Balaban J connectivity index is 1.48. The van der Waals surface area contributed by atoms with Crippen LogP contribution in [-0.4, -0.2) is 53.6 Å². The topological polar surface area (TPSA) is 67.4 Å². The van der Waals surface area contributed by atoms with E-state index in [1.54, 1.807) is 18.5 Å². The number of fused-ring (bicyclic) bond motifs is 1. The van der Waals surface area contributed by atoms with E-state index in [0.717, 1.165) is 18.9 Å². The van der Waals surface area contributed by atoms with Gasteiger partial charge in [0.05, 0.1) is 13.2 Å². The number of aromatic nitrogens is 2. The maximum absolute atomic E-state index is 12.7. The number of carbonyl (C=O) groups is 1. The molecular weight excluding hydrogens is 304 g/mol. The van der Waals surface area contributed by atoms with Gasteiger partial charge in [0.2, 0.25) is 0 Å². The average Bonchev–Trinajstić information content (AvgIpc) is 3.18. The summed E-state index contributed by atoms with van der Waals surface area (Å²) >= 11 is 0. The molecule has 1 N–H and O–H groups in total. The van der Waals surface area contributed by atoms with E-state index in [1.165, 1.54) is 0 Å². The fourth-order valence-electron chi connectivity index (χ4n) is 3.62. The maximum Gasteiger partial charge on any atom is 0.272 e. The molecule has 2 aliphatic heterocycles. The van der Waals surface area contributed by atoms with Crippen molar-refractivity contribution in [3.05, 3.63) is 54.5 Å². The normalized spacial score (nSPS) is 25.5. The lowest BCUT2D eigenvalue weighted by molar-refractivity contribution is 0.0719. The molecule has 4 rings (SSSR count). The molecule has 0 bridgehead atoms. The molecule has 1 amide bonds. The van der Waals surface area contributed by atoms with Crippen LogP contribution in [0.15, 0.2) is 48.8 Å². The first-order valence-corrected chi connectivity index (χ1v) is 8.20. The Kier molecular flexibility index (Phi) is 3.90. The summed E-state index contributed by atoms with van der Waals surface area (Å²) in [4.78, 5) is 23.1. The lowest BCUT2D eigenvalue weighted by Crippen LogP contribution is -2.39. The first-order chi connectivity index (χ1) is 11.8. The van der Waals surface area contributed by atoms with E-state index in [4.69, 9.17) is 4.74 Å². The van der Waals surface area contributed by atoms with E-state index >= 15 is 0 Å². The highest BCUT2D eigenvalue weighted by atomic mass is 16.5. The molecule has 2 aromatic rings. The molecule has 0 saturated carbocycles. The fraction of sp³-hybridized carbons (Fsp3) is 0.389. The number of amides is 1. The predicted molar refractivity (Wildman–Crippen MR) is 89.6 cm³/mol. The number of nitrogens with zero attached hydrogens (tertiary/aromatic N) is 3. The molecule has 2 atom stereocenters. The van der Waals surface area contributed by atoms with E-state index in [2.05, 4.69) is 15.3 Å². The summed E-state index contributed by atoms with van der Waals surface area (Å²) in [5.74, 6) is 1.20. The van der Waals surface area contributed by atoms with Gasteiger partial charge in [-0.15, -0.1) is 0 Å². The van der Waals surface area contributed by atoms with E-state index in [9.17, 15) is 4.79 Å². The SMILES string of the molecule is O=C(c1ccccn1)N1C[C@@H]2COC[C@]2(CNc2ccccn2)C1. The summed E-state index contributed by atoms with van der Waals surface area (Å²) in [5, 5.41) is 3.40. The van der Waals surface area contributed by atoms with Gasteiger partial charge in [-0.2, -0.15) is 0 Å². The largest absolute Gasteiger partial charge is 0.380 e. The lowest BCUT2D eigenvalue weighted by Gasteiger charge is -2.27. The highest BCUT2D eigenvalue weighted by Crippen LogP contribution is 2.41. The van der Waals surface area contributed by atoms with Gasteiger partial charge >= 0.3 is 0 Å². The van der Waals surface area contributed by atoms with Crippen LogP contribution in [0.25, 0.3) is 0 Å². The second-order valence-electron chi connectivity index (χ2n) is 6.54. The summed E-state index contributed by atoms with van der Waals surface area (Å²) in [6.07, 6.45) is 3.43. The predicted octanol–water partition coefficient (Wildman–Crippen LogP) is 1.68. The Bertz CT molecular complexity index is 709. The number of likely N-dealkylation sites (tertiary alicyclic amines) is 1. The molecule has 0 radical (unpaired) electrons. The van der Waals surface area contributed by atoms with Crippen molar-refractivity contribution in [1.82, 2.24) is 14.9 Å². The third-order valence-electron chi connectivity index (χ3n) is 4.98. The van der Waals surface area contributed by atoms with E-state index in [1.807, 2.05) is 35.2 Å². The summed E-state index contributed by atoms with van der Waals surface area (Å²) < 4.78 is 5.72. The molecule has 0 aromatic carbocycles. The van der Waals surface area contributed by atoms with Crippen LogP contribution in [0.2, 0.25) is 0 Å². The third-order valence-corrected chi connectivity index (χ3v) is 4.98. The highest BCUT2D eigenvalue weighted by Gasteiger charge is 2.51. The zero-order valence-electron chi connectivity index (χ0n) is 13.4. The number of ether oxygens (including phenoxy) is 1. The van der Waals surface area contributed by atoms with Gasteiger partial charge in [0.15, 0.2) is 0 Å². The zero-order chi connectivity index (χ0) is 16.4. The maximum atomic E-state index is 12.7. The van der Waals surface area contributed by atoms with Crippen molar-refractivity contribution in [2.45, 2.75) is 0 Å². The van der Waals surface area contributed by atoms with Gasteiger partial charge in [-0.1, -0.05) is 12.1 Å². The Hall–Kier alpha value is -2.47. The quantitative estimate of drug-likeness (QED) is 0.927. The van der Waals surface area contributed by atoms with Gasteiger partial charge in [-0.3, -0.25) is 9.78 Å². The van der Waals surface area contributed by atoms with Gasteiger partial charge in [0, 0.05) is 43.4 Å². The molecule has 2 fully saturated rings. The van der Waals surface area contributed by atoms with Crippen LogP contribution in [0.4, 0.5) is 5.82 Å². The molecule has 24 heavy (non-hydrogen) atoms. The minimum Gasteiger partial charge on any atom is -0.380 e. The summed E-state index contributed by atoms with van der Waals surface area (Å²) in [6.45, 7) is 3.53. The molecule has 124 valence electrons. The number of rotatable bonds is 4. The molecule has 2 saturated heterocycles. The molecule has 2 aliphatic rings. The standard InChI is InChI=1S/C18H20N4O2/c23-17(15-5-1-3-7-19-15)22-9-14-10-24-13-18(14,12-22)11-21-16-6-2-4-8-20-16/h1-8,14H,9-13H2,(H,20,21)/t14-,18+/m1/s1. The molecule has 6 nitrogen and oxygen atoms in total. The first-order valence-electron chi connectivity index (χ1n) is 8.20. The Morgan fingerprint density at radius 1 is 1.25 bits per heavy atom. The zero-order valence-corrected chi connectivity index (χ0v) is 13.4. The number of hydrogen-bond acceptors (Lipinski definition) is 5. The third kappa shape index (κ3) is 2.73. The molecule has 6 heteroatoms. The van der Waals surface area contributed by atoms with Crippen molar-refractivity contribution in [3.63, 3.8) is 0 Å². The molecule has 2 aromatic heterocycles. The minimum absolute atomic E-state index is 0.00205. The van der Waals surface area contributed by atoms with Gasteiger partial charge in [0.25, 0.3) is 5.91 Å². The smallest absolute Gasteiger partial charge is 0.272 e. The van der Waals surface area contributed by atoms with Crippen LogP contribution in [0.3, 0.4) is 0 Å². The number of pyridine rings is 2. The molecular formula is C18H20N4O2. The van der Waals surface area contributed by atoms with Crippen molar-refractivity contribution < 1.29 is 9.53 Å². The van der Waals surface area contributed by atoms with Gasteiger partial charge in [0.1, 0.15) is 11.5 Å². The summed E-state index contributed by atoms with van der Waals surface area (Å²) in [6, 6.07) is 11.2. The number of anilines is 1. The summed E-state index contributed by atoms with van der Waals surface area (Å²) in [5.41, 5.74) is 0.452. The van der Waals surface area contributed by atoms with Crippen molar-refractivity contribution in [2.24, 2.45) is 11.3 Å². The number of hydrogen-bond donors (Lipinski definition) is 1. The minimum atomic E-state index is -0.0536. The van der Waals surface area contributed by atoms with Crippen LogP contribution < -0.4 is 5.32 Å². The second kappa shape index (κ2) is 6.20. The molecule has 0 spiro atoms. The average molecular weight is 324 g/mol. The Labute approximate surface area is 140 Å². The summed E-state index contributed by atoms with van der Waals surface area (Å²) in [7, 11) is 0. The van der Waals surface area contributed by atoms with Gasteiger partial charge < -0.3 is 15.0 Å². The van der Waals surface area contributed by atoms with Gasteiger partial charge in [-0.25, -0.2) is 4.98 Å². The van der Waals surface area contributed by atoms with Crippen LogP contribution >= 0.6 is 0 Å². The fourth-order valence-corrected chi connectivity index (χ4v) is 3.62. The van der Waals surface area contributed by atoms with Crippen molar-refractivity contribution >= 4 is 11.7 Å². The molecule has 4 heterocycles. The lowest BCUT2D eigenvalue weighted by atomic mass is 9.81. The second-order valence-corrected chi connectivity index (χ2v) is 6.54. The Morgan fingerprint density at radius 3 is 2.83 bits per heavy atom. The number of carbonyl (C=O) groups excluding carboxylic acids is 1. The number of nitrogens with one attached hydrogen (secondary N) is 1. The van der Waals surface area contributed by atoms with E-state index < -0.39 is 0 Å². The monoisotopic (exact) mass is 324 g/mol.